The van der Waals surface area contributed by atoms with E-state index in [1.165, 1.54) is 4.90 Å². The molecule has 2 aliphatic rings. The molecule has 27 heavy (non-hydrogen) atoms. The highest BCUT2D eigenvalue weighted by Crippen LogP contribution is 2.28. The Morgan fingerprint density at radius 2 is 2.07 bits per heavy atom. The summed E-state index contributed by atoms with van der Waals surface area (Å²) in [4.78, 5) is 37.4. The lowest BCUT2D eigenvalue weighted by atomic mass is 10.0. The molecule has 3 rings (SSSR count). The molecular formula is C18H22F2N4O3. The van der Waals surface area contributed by atoms with E-state index in [-0.39, 0.29) is 44.3 Å². The van der Waals surface area contributed by atoms with Crippen molar-refractivity contribution in [1.29, 1.82) is 0 Å². The molecule has 1 aromatic carbocycles. The highest BCUT2D eigenvalue weighted by Gasteiger charge is 2.39. The first-order chi connectivity index (χ1) is 12.8. The number of nitrogens with zero attached hydrogens (tertiary/aromatic N) is 1. The number of amides is 3. The molecule has 4 N–H and O–H groups in total. The average molecular weight is 380 g/mol. The SMILES string of the molecule is NCCC(F)(F)CNCc1ccc2c(c1)CN(C1CCC(=O)NC1=O)C2=O. The molecule has 7 nitrogen and oxygen atoms in total. The predicted octanol–water partition coefficient (Wildman–Crippen LogP) is 0.521. The van der Waals surface area contributed by atoms with Crippen molar-refractivity contribution in [2.75, 3.05) is 13.1 Å². The summed E-state index contributed by atoms with van der Waals surface area (Å²) in [6, 6.07) is 4.48. The highest BCUT2D eigenvalue weighted by molar-refractivity contribution is 6.05. The Hall–Kier alpha value is -2.39. The minimum atomic E-state index is -2.86. The minimum Gasteiger partial charge on any atom is -0.330 e. The molecule has 146 valence electrons. The van der Waals surface area contributed by atoms with Gasteiger partial charge in [-0.2, -0.15) is 0 Å². The van der Waals surface area contributed by atoms with E-state index in [2.05, 4.69) is 10.6 Å². The molecule has 1 unspecified atom stereocenters. The van der Waals surface area contributed by atoms with E-state index in [4.69, 9.17) is 5.73 Å². The molecule has 2 aliphatic heterocycles. The number of alkyl halides is 2. The minimum absolute atomic E-state index is 0.0776. The normalized spacial score (nSPS) is 20.0. The first kappa shape index (κ1) is 19.4. The number of carbonyl (C=O) groups excluding carboxylic acids is 3. The second kappa shape index (κ2) is 7.69. The molecule has 1 atom stereocenters. The lowest BCUT2D eigenvalue weighted by molar-refractivity contribution is -0.136. The van der Waals surface area contributed by atoms with Crippen LogP contribution in [0.1, 0.15) is 40.7 Å². The van der Waals surface area contributed by atoms with Crippen molar-refractivity contribution >= 4 is 17.7 Å². The number of carbonyl (C=O) groups is 3. The Morgan fingerprint density at radius 3 is 2.78 bits per heavy atom. The van der Waals surface area contributed by atoms with Gasteiger partial charge in [-0.05, 0) is 30.2 Å². The Bertz CT molecular complexity index is 769. The van der Waals surface area contributed by atoms with Crippen LogP contribution in [0, 0.1) is 0 Å². The van der Waals surface area contributed by atoms with Crippen molar-refractivity contribution in [3.05, 3.63) is 34.9 Å². The van der Waals surface area contributed by atoms with E-state index in [9.17, 15) is 23.2 Å². The second-order valence-electron chi connectivity index (χ2n) is 6.89. The predicted molar refractivity (Wildman–Crippen MR) is 92.8 cm³/mol. The maximum Gasteiger partial charge on any atom is 0.261 e. The lowest BCUT2D eigenvalue weighted by Gasteiger charge is -2.29. The van der Waals surface area contributed by atoms with Gasteiger partial charge in [0.1, 0.15) is 6.04 Å². The van der Waals surface area contributed by atoms with E-state index in [0.717, 1.165) is 11.1 Å². The van der Waals surface area contributed by atoms with Crippen LogP contribution in [-0.4, -0.2) is 47.7 Å². The van der Waals surface area contributed by atoms with Crippen LogP contribution in [0.2, 0.25) is 0 Å². The molecule has 0 saturated carbocycles. The Labute approximate surface area is 155 Å². The smallest absolute Gasteiger partial charge is 0.261 e. The fourth-order valence-corrected chi connectivity index (χ4v) is 3.43. The van der Waals surface area contributed by atoms with E-state index in [1.807, 2.05) is 0 Å². The van der Waals surface area contributed by atoms with E-state index in [1.54, 1.807) is 18.2 Å². The van der Waals surface area contributed by atoms with Gasteiger partial charge < -0.3 is 16.0 Å². The molecule has 0 aromatic heterocycles. The number of fused-ring (bicyclic) bond motifs is 1. The van der Waals surface area contributed by atoms with Gasteiger partial charge in [-0.25, -0.2) is 8.78 Å². The maximum absolute atomic E-state index is 13.5. The van der Waals surface area contributed by atoms with Crippen LogP contribution in [0.25, 0.3) is 0 Å². The van der Waals surface area contributed by atoms with Crippen molar-refractivity contribution in [2.24, 2.45) is 5.73 Å². The zero-order valence-electron chi connectivity index (χ0n) is 14.8. The molecular weight excluding hydrogens is 358 g/mol. The van der Waals surface area contributed by atoms with Gasteiger partial charge in [-0.15, -0.1) is 0 Å². The lowest BCUT2D eigenvalue weighted by Crippen LogP contribution is -2.52. The van der Waals surface area contributed by atoms with Gasteiger partial charge in [0.2, 0.25) is 11.8 Å². The van der Waals surface area contributed by atoms with Crippen LogP contribution in [0.5, 0.6) is 0 Å². The van der Waals surface area contributed by atoms with Crippen LogP contribution in [0.3, 0.4) is 0 Å². The molecule has 0 bridgehead atoms. The monoisotopic (exact) mass is 380 g/mol. The number of hydrogen-bond acceptors (Lipinski definition) is 5. The topological polar surface area (TPSA) is 105 Å². The molecule has 0 radical (unpaired) electrons. The summed E-state index contributed by atoms with van der Waals surface area (Å²) >= 11 is 0. The molecule has 0 aliphatic carbocycles. The van der Waals surface area contributed by atoms with Crippen molar-refractivity contribution in [1.82, 2.24) is 15.5 Å². The third-order valence-electron chi connectivity index (χ3n) is 4.81. The van der Waals surface area contributed by atoms with Crippen LogP contribution in [-0.2, 0) is 22.7 Å². The van der Waals surface area contributed by atoms with Gasteiger partial charge in [0.15, 0.2) is 0 Å². The number of benzene rings is 1. The number of nitrogens with one attached hydrogen (secondary N) is 2. The highest BCUT2D eigenvalue weighted by atomic mass is 19.3. The first-order valence-electron chi connectivity index (χ1n) is 8.86. The summed E-state index contributed by atoms with van der Waals surface area (Å²) < 4.78 is 26.9. The van der Waals surface area contributed by atoms with Crippen molar-refractivity contribution in [3.63, 3.8) is 0 Å². The molecule has 1 fully saturated rings. The summed E-state index contributed by atoms with van der Waals surface area (Å²) in [5, 5.41) is 4.97. The van der Waals surface area contributed by atoms with E-state index >= 15 is 0 Å². The molecule has 1 aromatic rings. The number of nitrogens with two attached hydrogens (primary N) is 1. The zero-order chi connectivity index (χ0) is 19.6. The second-order valence-corrected chi connectivity index (χ2v) is 6.89. The average Bonchev–Trinajstić information content (AvgIpc) is 2.91. The van der Waals surface area contributed by atoms with Crippen molar-refractivity contribution in [3.8, 4) is 0 Å². The molecule has 1 saturated heterocycles. The maximum atomic E-state index is 13.5. The third-order valence-corrected chi connectivity index (χ3v) is 4.81. The Kier molecular flexibility index (Phi) is 5.52. The van der Waals surface area contributed by atoms with Crippen LogP contribution < -0.4 is 16.4 Å². The van der Waals surface area contributed by atoms with Gasteiger partial charge >= 0.3 is 0 Å². The summed E-state index contributed by atoms with van der Waals surface area (Å²) in [6.07, 6.45) is 0.122. The molecule has 3 amide bonds. The van der Waals surface area contributed by atoms with E-state index < -0.39 is 24.4 Å². The Balaban J connectivity index is 1.63. The van der Waals surface area contributed by atoms with Crippen LogP contribution >= 0.6 is 0 Å². The summed E-state index contributed by atoms with van der Waals surface area (Å²) in [6.45, 7) is -0.0495. The quantitative estimate of drug-likeness (QED) is 0.599. The number of rotatable bonds is 7. The van der Waals surface area contributed by atoms with E-state index in [0.29, 0.717) is 12.0 Å². The zero-order valence-corrected chi connectivity index (χ0v) is 14.8. The number of imide groups is 1. The number of piperidine rings is 1. The molecule has 0 spiro atoms. The summed E-state index contributed by atoms with van der Waals surface area (Å²) in [5.41, 5.74) is 7.19. The fourth-order valence-electron chi connectivity index (χ4n) is 3.43. The largest absolute Gasteiger partial charge is 0.330 e. The van der Waals surface area contributed by atoms with Crippen LogP contribution in [0.15, 0.2) is 18.2 Å². The van der Waals surface area contributed by atoms with Gasteiger partial charge in [0.05, 0.1) is 6.54 Å². The Morgan fingerprint density at radius 1 is 1.30 bits per heavy atom. The number of halogens is 2. The summed E-state index contributed by atoms with van der Waals surface area (Å²) in [7, 11) is 0. The van der Waals surface area contributed by atoms with Gasteiger partial charge in [0, 0.05) is 31.5 Å². The third kappa shape index (κ3) is 4.30. The van der Waals surface area contributed by atoms with Gasteiger partial charge in [-0.1, -0.05) is 12.1 Å². The van der Waals surface area contributed by atoms with Crippen molar-refractivity contribution in [2.45, 2.75) is 44.3 Å². The van der Waals surface area contributed by atoms with Crippen LogP contribution in [0.4, 0.5) is 8.78 Å². The van der Waals surface area contributed by atoms with Gasteiger partial charge in [-0.3, -0.25) is 19.7 Å². The molecule has 2 heterocycles. The van der Waals surface area contributed by atoms with Gasteiger partial charge in [0.25, 0.3) is 11.8 Å². The fraction of sp³-hybridized carbons (Fsp3) is 0.500. The first-order valence-corrected chi connectivity index (χ1v) is 8.86. The standard InChI is InChI=1S/C18H22F2N4O3/c19-18(20,5-6-21)10-22-8-11-1-2-13-12(7-11)9-24(17(13)27)14-3-4-15(25)23-16(14)26/h1-2,7,14,22H,3-6,8-10,21H2,(H,23,25,26). The van der Waals surface area contributed by atoms with Crippen molar-refractivity contribution < 1.29 is 23.2 Å². The number of hydrogen-bond donors (Lipinski definition) is 3. The summed E-state index contributed by atoms with van der Waals surface area (Å²) in [5.74, 6) is -3.91. The molecule has 9 heteroatoms.